The summed E-state index contributed by atoms with van der Waals surface area (Å²) in [7, 11) is 0. The summed E-state index contributed by atoms with van der Waals surface area (Å²) < 4.78 is 0. The molecule has 2 N–H and O–H groups in total. The Balaban J connectivity index is 3.07. The van der Waals surface area contributed by atoms with Crippen LogP contribution in [-0.2, 0) is 4.79 Å². The average Bonchev–Trinajstić information content (AvgIpc) is 2.26. The smallest absolute Gasteiger partial charge is 0.222 e. The van der Waals surface area contributed by atoms with Crippen molar-refractivity contribution >= 4 is 17.7 Å². The zero-order chi connectivity index (χ0) is 12.2. The molecule has 0 fully saturated rings. The fourth-order valence-corrected chi connectivity index (χ4v) is 1.83. The van der Waals surface area contributed by atoms with E-state index < -0.39 is 0 Å². The average molecular weight is 246 g/mol. The van der Waals surface area contributed by atoms with Crippen LogP contribution in [0.4, 0.5) is 0 Å². The van der Waals surface area contributed by atoms with Crippen LogP contribution in [0.3, 0.4) is 0 Å². The predicted octanol–water partition coefficient (Wildman–Crippen LogP) is 1.88. The maximum atomic E-state index is 11.2. The highest BCUT2D eigenvalue weighted by Crippen LogP contribution is 1.99. The van der Waals surface area contributed by atoms with Crippen molar-refractivity contribution in [3.05, 3.63) is 0 Å². The third kappa shape index (κ3) is 10.3. The standard InChI is InChI=1S/C12H26N2OS/c1-4-16-10-6-8-13-7-5-9-14-12(15)11(2)3/h11,13H,4-10H2,1-3H3,(H,14,15). The van der Waals surface area contributed by atoms with Gasteiger partial charge in [0.2, 0.25) is 5.91 Å². The number of carbonyl (C=O) groups excluding carboxylic acids is 1. The lowest BCUT2D eigenvalue weighted by atomic mass is 10.2. The van der Waals surface area contributed by atoms with E-state index in [-0.39, 0.29) is 11.8 Å². The van der Waals surface area contributed by atoms with Gasteiger partial charge < -0.3 is 10.6 Å². The molecule has 0 rings (SSSR count). The Labute approximate surface area is 104 Å². The highest BCUT2D eigenvalue weighted by molar-refractivity contribution is 7.99. The molecule has 0 aliphatic carbocycles. The summed E-state index contributed by atoms with van der Waals surface area (Å²) in [6.45, 7) is 8.89. The number of carbonyl (C=O) groups is 1. The minimum atomic E-state index is 0.0963. The van der Waals surface area contributed by atoms with Crippen molar-refractivity contribution in [3.8, 4) is 0 Å². The van der Waals surface area contributed by atoms with E-state index in [1.54, 1.807) is 0 Å². The fourth-order valence-electron chi connectivity index (χ4n) is 1.20. The number of amides is 1. The molecule has 0 aliphatic rings. The zero-order valence-corrected chi connectivity index (χ0v) is 11.7. The van der Waals surface area contributed by atoms with Crippen molar-refractivity contribution in [1.29, 1.82) is 0 Å². The molecule has 3 nitrogen and oxygen atoms in total. The molecule has 0 aliphatic heterocycles. The SMILES string of the molecule is CCSCCCNCCCNC(=O)C(C)C. The normalized spacial score (nSPS) is 10.8. The van der Waals surface area contributed by atoms with Crippen LogP contribution in [-0.4, -0.2) is 37.0 Å². The van der Waals surface area contributed by atoms with Gasteiger partial charge in [0, 0.05) is 12.5 Å². The van der Waals surface area contributed by atoms with E-state index in [1.165, 1.54) is 17.9 Å². The van der Waals surface area contributed by atoms with Gasteiger partial charge in [-0.25, -0.2) is 0 Å². The molecule has 0 bridgehead atoms. The molecule has 0 aromatic carbocycles. The van der Waals surface area contributed by atoms with Crippen LogP contribution in [0, 0.1) is 5.92 Å². The van der Waals surface area contributed by atoms with Gasteiger partial charge in [-0.3, -0.25) is 4.79 Å². The van der Waals surface area contributed by atoms with Crippen LogP contribution in [0.15, 0.2) is 0 Å². The first-order valence-corrected chi connectivity index (χ1v) is 7.40. The van der Waals surface area contributed by atoms with E-state index in [2.05, 4.69) is 17.6 Å². The largest absolute Gasteiger partial charge is 0.356 e. The maximum absolute atomic E-state index is 11.2. The van der Waals surface area contributed by atoms with E-state index in [4.69, 9.17) is 0 Å². The summed E-state index contributed by atoms with van der Waals surface area (Å²) >= 11 is 1.99. The molecule has 0 radical (unpaired) electrons. The number of hydrogen-bond acceptors (Lipinski definition) is 3. The molecule has 4 heteroatoms. The van der Waals surface area contributed by atoms with E-state index in [1.807, 2.05) is 25.6 Å². The van der Waals surface area contributed by atoms with E-state index in [0.717, 1.165) is 26.1 Å². The van der Waals surface area contributed by atoms with Gasteiger partial charge in [-0.1, -0.05) is 20.8 Å². The summed E-state index contributed by atoms with van der Waals surface area (Å²) in [5.41, 5.74) is 0. The van der Waals surface area contributed by atoms with Crippen molar-refractivity contribution in [2.45, 2.75) is 33.6 Å². The number of rotatable bonds is 10. The fraction of sp³-hybridized carbons (Fsp3) is 0.917. The van der Waals surface area contributed by atoms with Gasteiger partial charge >= 0.3 is 0 Å². The first-order chi connectivity index (χ1) is 7.68. The summed E-state index contributed by atoms with van der Waals surface area (Å²) in [4.78, 5) is 11.2. The van der Waals surface area contributed by atoms with Gasteiger partial charge in [0.15, 0.2) is 0 Å². The van der Waals surface area contributed by atoms with Crippen LogP contribution in [0.2, 0.25) is 0 Å². The monoisotopic (exact) mass is 246 g/mol. The molecule has 0 unspecified atom stereocenters. The lowest BCUT2D eigenvalue weighted by molar-refractivity contribution is -0.123. The Morgan fingerprint density at radius 2 is 1.88 bits per heavy atom. The maximum Gasteiger partial charge on any atom is 0.222 e. The summed E-state index contributed by atoms with van der Waals surface area (Å²) in [6, 6.07) is 0. The van der Waals surface area contributed by atoms with Gasteiger partial charge in [0.1, 0.15) is 0 Å². The van der Waals surface area contributed by atoms with Crippen LogP contribution >= 0.6 is 11.8 Å². The van der Waals surface area contributed by atoms with Gasteiger partial charge in [-0.15, -0.1) is 0 Å². The van der Waals surface area contributed by atoms with E-state index in [9.17, 15) is 4.79 Å². The molecule has 0 heterocycles. The second-order valence-corrected chi connectivity index (χ2v) is 5.49. The zero-order valence-electron chi connectivity index (χ0n) is 10.8. The van der Waals surface area contributed by atoms with E-state index >= 15 is 0 Å². The second kappa shape index (κ2) is 11.3. The Hall–Kier alpha value is -0.220. The first-order valence-electron chi connectivity index (χ1n) is 6.24. The molecule has 0 spiro atoms. The van der Waals surface area contributed by atoms with Crippen molar-refractivity contribution in [1.82, 2.24) is 10.6 Å². The Morgan fingerprint density at radius 3 is 2.50 bits per heavy atom. The highest BCUT2D eigenvalue weighted by Gasteiger charge is 2.04. The summed E-state index contributed by atoms with van der Waals surface area (Å²) in [5.74, 6) is 2.70. The minimum Gasteiger partial charge on any atom is -0.356 e. The highest BCUT2D eigenvalue weighted by atomic mass is 32.2. The Morgan fingerprint density at radius 1 is 1.19 bits per heavy atom. The topological polar surface area (TPSA) is 41.1 Å². The van der Waals surface area contributed by atoms with Crippen LogP contribution < -0.4 is 10.6 Å². The van der Waals surface area contributed by atoms with Gasteiger partial charge in [0.05, 0.1) is 0 Å². The molecule has 0 aromatic heterocycles. The molecular formula is C12H26N2OS. The van der Waals surface area contributed by atoms with Gasteiger partial charge in [0.25, 0.3) is 0 Å². The lowest BCUT2D eigenvalue weighted by Crippen LogP contribution is -2.30. The van der Waals surface area contributed by atoms with Gasteiger partial charge in [-0.05, 0) is 37.4 Å². The molecule has 0 atom stereocenters. The molecule has 1 amide bonds. The molecule has 0 saturated heterocycles. The lowest BCUT2D eigenvalue weighted by Gasteiger charge is -2.08. The number of nitrogens with one attached hydrogen (secondary N) is 2. The van der Waals surface area contributed by atoms with Crippen molar-refractivity contribution in [2.75, 3.05) is 31.1 Å². The van der Waals surface area contributed by atoms with Crippen LogP contribution in [0.1, 0.15) is 33.6 Å². The minimum absolute atomic E-state index is 0.0963. The van der Waals surface area contributed by atoms with Crippen molar-refractivity contribution in [2.24, 2.45) is 5.92 Å². The van der Waals surface area contributed by atoms with Crippen molar-refractivity contribution < 1.29 is 4.79 Å². The third-order valence-electron chi connectivity index (χ3n) is 2.20. The molecule has 96 valence electrons. The van der Waals surface area contributed by atoms with E-state index in [0.29, 0.717) is 0 Å². The number of hydrogen-bond donors (Lipinski definition) is 2. The molecule has 0 aromatic rings. The summed E-state index contributed by atoms with van der Waals surface area (Å²) in [5, 5.41) is 6.29. The third-order valence-corrected chi connectivity index (χ3v) is 3.19. The van der Waals surface area contributed by atoms with Gasteiger partial charge in [-0.2, -0.15) is 11.8 Å². The van der Waals surface area contributed by atoms with Crippen molar-refractivity contribution in [3.63, 3.8) is 0 Å². The first kappa shape index (κ1) is 15.8. The van der Waals surface area contributed by atoms with Crippen LogP contribution in [0.5, 0.6) is 0 Å². The predicted molar refractivity (Wildman–Crippen MR) is 73.0 cm³/mol. The second-order valence-electron chi connectivity index (χ2n) is 4.10. The quantitative estimate of drug-likeness (QED) is 0.578. The molecular weight excluding hydrogens is 220 g/mol. The molecule has 0 saturated carbocycles. The summed E-state index contributed by atoms with van der Waals surface area (Å²) in [6.07, 6.45) is 2.25. The Kier molecular flexibility index (Phi) is 11.1. The Bertz CT molecular complexity index is 174. The van der Waals surface area contributed by atoms with Crippen LogP contribution in [0.25, 0.3) is 0 Å². The molecule has 16 heavy (non-hydrogen) atoms. The number of thioether (sulfide) groups is 1.